The van der Waals surface area contributed by atoms with Crippen molar-refractivity contribution >= 4 is 37.8 Å². The van der Waals surface area contributed by atoms with Crippen molar-refractivity contribution in [1.29, 1.82) is 0 Å². The van der Waals surface area contributed by atoms with Crippen LogP contribution in [0.2, 0.25) is 13.1 Å². The predicted octanol–water partition coefficient (Wildman–Crippen LogP) is 2.28. The molecule has 0 atom stereocenters. The summed E-state index contributed by atoms with van der Waals surface area (Å²) in [6.45, 7) is 6.86. The number of rotatable bonds is 3. The Balaban J connectivity index is 0.000000562. The van der Waals surface area contributed by atoms with Crippen LogP contribution in [-0.4, -0.2) is 5.43 Å². The van der Waals surface area contributed by atoms with Gasteiger partial charge in [0.25, 0.3) is 0 Å². The standard InChI is InChI=1S/C26H21.C2H6Si.2ClH.Zr/c1-2-8-18-15-19-10-7-14-24(25(19)16-18)26-17-20-9-3-4-11-21(20)22-12-5-6-13-23(22)26;1-3-2;;;/h3-7,9-17H,2,8H2,1H3;1-2H3;2*1H;/q-1;;;;+2/p-2. The molecule has 0 bridgehead atoms. The van der Waals surface area contributed by atoms with Crippen LogP contribution in [0, 0.1) is 0 Å². The molecule has 0 unspecified atom stereocenters. The molecule has 4 heteroatoms. The van der Waals surface area contributed by atoms with E-state index >= 15 is 0 Å². The van der Waals surface area contributed by atoms with Crippen molar-refractivity contribution in [2.75, 3.05) is 0 Å². The normalized spacial score (nSPS) is 10.3. The minimum absolute atomic E-state index is 0. The molecular formula is C28H27Cl2SiZr-. The van der Waals surface area contributed by atoms with E-state index in [-0.39, 0.29) is 30.2 Å². The van der Waals surface area contributed by atoms with Crippen LogP contribution in [0.4, 0.5) is 0 Å². The van der Waals surface area contributed by atoms with E-state index in [0.717, 1.165) is 6.42 Å². The fourth-order valence-electron chi connectivity index (χ4n) is 4.24. The SMILES string of the molecule is CCCc1cc2c(-c3cc4ccccc4c4ccccc34)cccc2[cH-]1.C[Si](C)=[Zr+2].[Cl-].[Cl-]. The van der Waals surface area contributed by atoms with Gasteiger partial charge in [-0.1, -0.05) is 73.5 Å². The van der Waals surface area contributed by atoms with Gasteiger partial charge in [0.15, 0.2) is 0 Å². The van der Waals surface area contributed by atoms with Gasteiger partial charge in [0.1, 0.15) is 0 Å². The van der Waals surface area contributed by atoms with Crippen molar-refractivity contribution in [3.05, 3.63) is 90.5 Å². The molecule has 0 radical (unpaired) electrons. The minimum atomic E-state index is 0. The van der Waals surface area contributed by atoms with Gasteiger partial charge in [0, 0.05) is 0 Å². The van der Waals surface area contributed by atoms with E-state index in [1.807, 2.05) is 0 Å². The Bertz CT molecular complexity index is 1350. The second kappa shape index (κ2) is 12.2. The molecule has 5 rings (SSSR count). The molecule has 32 heavy (non-hydrogen) atoms. The number of fused-ring (bicyclic) bond motifs is 4. The van der Waals surface area contributed by atoms with Gasteiger partial charge in [-0.25, -0.2) is 0 Å². The third-order valence-electron chi connectivity index (χ3n) is 5.41. The number of aryl methyl sites for hydroxylation is 1. The van der Waals surface area contributed by atoms with Gasteiger partial charge in [-0.2, -0.15) is 6.07 Å². The summed E-state index contributed by atoms with van der Waals surface area (Å²) in [5, 5.41) is 8.02. The van der Waals surface area contributed by atoms with Crippen LogP contribution in [0.15, 0.2) is 84.9 Å². The molecule has 0 spiro atoms. The Labute approximate surface area is 219 Å². The van der Waals surface area contributed by atoms with Gasteiger partial charge < -0.3 is 24.8 Å². The summed E-state index contributed by atoms with van der Waals surface area (Å²) in [6.07, 6.45) is 2.33. The summed E-state index contributed by atoms with van der Waals surface area (Å²) in [5.74, 6) is 0. The zero-order chi connectivity index (χ0) is 21.1. The Kier molecular flexibility index (Phi) is 10.3. The van der Waals surface area contributed by atoms with Crippen molar-refractivity contribution in [2.24, 2.45) is 0 Å². The molecule has 0 saturated heterocycles. The van der Waals surface area contributed by atoms with E-state index < -0.39 is 0 Å². The topological polar surface area (TPSA) is 0 Å². The predicted molar refractivity (Wildman–Crippen MR) is 131 cm³/mol. The maximum atomic E-state index is 2.39. The third kappa shape index (κ3) is 5.78. The van der Waals surface area contributed by atoms with Gasteiger partial charge in [0.05, 0.1) is 0 Å². The molecule has 5 aromatic rings. The Hall–Kier alpha value is -1.31. The average molecular weight is 554 g/mol. The quantitative estimate of drug-likeness (QED) is 0.183. The molecule has 0 saturated carbocycles. The summed E-state index contributed by atoms with van der Waals surface area (Å²) in [6, 6.07) is 31.3. The maximum absolute atomic E-state index is 2.39. The number of hydrogen-bond donors (Lipinski definition) is 0. The first-order chi connectivity index (χ1) is 14.6. The summed E-state index contributed by atoms with van der Waals surface area (Å²) >= 11 is 1.74. The van der Waals surface area contributed by atoms with E-state index in [0.29, 0.717) is 0 Å². The first kappa shape index (κ1) is 26.9. The van der Waals surface area contributed by atoms with Crippen LogP contribution in [-0.2, 0) is 29.8 Å². The molecule has 162 valence electrons. The average Bonchev–Trinajstić information content (AvgIpc) is 3.16. The molecular weight excluding hydrogens is 527 g/mol. The monoisotopic (exact) mass is 551 g/mol. The van der Waals surface area contributed by atoms with E-state index in [4.69, 9.17) is 0 Å². The summed E-state index contributed by atoms with van der Waals surface area (Å²) in [5.41, 5.74) is 4.33. The Morgan fingerprint density at radius 1 is 0.719 bits per heavy atom. The van der Waals surface area contributed by atoms with Crippen LogP contribution in [0.5, 0.6) is 0 Å². The number of hydrogen-bond acceptors (Lipinski definition) is 0. The zero-order valence-electron chi connectivity index (χ0n) is 18.8. The van der Waals surface area contributed by atoms with Gasteiger partial charge in [-0.05, 0) is 39.6 Å². The van der Waals surface area contributed by atoms with Crippen molar-refractivity contribution in [1.82, 2.24) is 0 Å². The van der Waals surface area contributed by atoms with E-state index in [1.165, 1.54) is 55.4 Å². The summed E-state index contributed by atoms with van der Waals surface area (Å²) in [4.78, 5) is 0. The second-order valence-electron chi connectivity index (χ2n) is 8.11. The molecule has 0 aliphatic carbocycles. The summed E-state index contributed by atoms with van der Waals surface area (Å²) in [7, 11) is 0. The van der Waals surface area contributed by atoms with Crippen molar-refractivity contribution < 1.29 is 48.1 Å². The van der Waals surface area contributed by atoms with Gasteiger partial charge >= 0.3 is 41.9 Å². The molecule has 0 N–H and O–H groups in total. The zero-order valence-corrected chi connectivity index (χ0v) is 23.7. The van der Waals surface area contributed by atoms with Crippen LogP contribution in [0.1, 0.15) is 18.9 Å². The Morgan fingerprint density at radius 2 is 1.34 bits per heavy atom. The second-order valence-corrected chi connectivity index (χ2v) is 17.5. The molecule has 0 amide bonds. The van der Waals surface area contributed by atoms with Gasteiger partial charge in [0.2, 0.25) is 0 Å². The first-order valence-corrected chi connectivity index (χ1v) is 16.9. The fraction of sp³-hybridized carbons (Fsp3) is 0.179. The molecule has 0 aliphatic heterocycles. The van der Waals surface area contributed by atoms with Crippen LogP contribution in [0.3, 0.4) is 0 Å². The van der Waals surface area contributed by atoms with Crippen molar-refractivity contribution in [3.63, 3.8) is 0 Å². The van der Waals surface area contributed by atoms with Crippen molar-refractivity contribution in [2.45, 2.75) is 32.9 Å². The molecule has 0 aromatic heterocycles. The molecule has 0 heterocycles. The molecule has 5 aromatic carbocycles. The largest absolute Gasteiger partial charge is 1.00 e. The number of benzene rings is 4. The van der Waals surface area contributed by atoms with Crippen molar-refractivity contribution in [3.8, 4) is 11.1 Å². The van der Waals surface area contributed by atoms with Crippen LogP contribution < -0.4 is 24.8 Å². The molecule has 0 nitrogen and oxygen atoms in total. The molecule has 0 aliphatic rings. The Morgan fingerprint density at radius 3 is 2.03 bits per heavy atom. The first-order valence-electron chi connectivity index (χ1n) is 10.7. The summed E-state index contributed by atoms with van der Waals surface area (Å²) < 4.78 is 0. The number of halogens is 2. The smallest absolute Gasteiger partial charge is 1.00 e. The van der Waals surface area contributed by atoms with E-state index in [2.05, 4.69) is 105 Å². The van der Waals surface area contributed by atoms with Crippen LogP contribution >= 0.6 is 0 Å². The minimum Gasteiger partial charge on any atom is -1.00 e. The van der Waals surface area contributed by atoms with Gasteiger partial charge in [-0.3, -0.25) is 0 Å². The molecule has 0 fully saturated rings. The van der Waals surface area contributed by atoms with Gasteiger partial charge in [-0.15, -0.1) is 34.5 Å². The van der Waals surface area contributed by atoms with E-state index in [9.17, 15) is 0 Å². The van der Waals surface area contributed by atoms with E-state index in [1.54, 1.807) is 23.3 Å². The third-order valence-corrected chi connectivity index (χ3v) is 5.41. The fourth-order valence-corrected chi connectivity index (χ4v) is 4.24. The maximum Gasteiger partial charge on any atom is -1.00 e. The van der Waals surface area contributed by atoms with Crippen LogP contribution in [0.25, 0.3) is 43.4 Å².